The van der Waals surface area contributed by atoms with Crippen molar-refractivity contribution in [2.24, 2.45) is 5.92 Å². The predicted octanol–water partition coefficient (Wildman–Crippen LogP) is 1.09. The van der Waals surface area contributed by atoms with Crippen LogP contribution in [0.3, 0.4) is 0 Å². The van der Waals surface area contributed by atoms with Gasteiger partial charge in [0.05, 0.1) is 12.0 Å². The molecule has 1 amide bonds. The fourth-order valence-corrected chi connectivity index (χ4v) is 4.97. The zero-order chi connectivity index (χ0) is 24.7. The Morgan fingerprint density at radius 2 is 2.09 bits per heavy atom. The number of aromatic amines is 1. The van der Waals surface area contributed by atoms with Crippen molar-refractivity contribution in [2.45, 2.75) is 25.4 Å². The van der Waals surface area contributed by atoms with Crippen molar-refractivity contribution >= 4 is 40.1 Å². The van der Waals surface area contributed by atoms with Gasteiger partial charge in [0.15, 0.2) is 5.13 Å². The number of aromatic carboxylic acids is 1. The summed E-state index contributed by atoms with van der Waals surface area (Å²) in [5.41, 5.74) is -3.04. The van der Waals surface area contributed by atoms with Crippen molar-refractivity contribution in [2.75, 3.05) is 31.1 Å². The van der Waals surface area contributed by atoms with Crippen LogP contribution in [-0.2, 0) is 9.53 Å². The summed E-state index contributed by atoms with van der Waals surface area (Å²) < 4.78 is 22.0. The third kappa shape index (κ3) is 4.21. The molecule has 0 bridgehead atoms. The first-order valence-corrected chi connectivity index (χ1v) is 12.0. The molecule has 2 aliphatic rings. The highest BCUT2D eigenvalue weighted by Gasteiger charge is 2.36. The van der Waals surface area contributed by atoms with Gasteiger partial charge in [-0.25, -0.2) is 9.78 Å². The SMILES string of the molecule is O=C(O)c1cn(-c2nccs2)c2[nH]c(N3CC(C(=O)NCC4CCCCO4)C3)c(F)c(=O)c2c1=O. The largest absolute Gasteiger partial charge is 0.477 e. The number of fused-ring (bicyclic) bond motifs is 1. The Kier molecular flexibility index (Phi) is 6.11. The molecule has 184 valence electrons. The van der Waals surface area contributed by atoms with E-state index >= 15 is 4.39 Å². The highest BCUT2D eigenvalue weighted by Crippen LogP contribution is 2.27. The van der Waals surface area contributed by atoms with Crippen LogP contribution >= 0.6 is 11.3 Å². The van der Waals surface area contributed by atoms with E-state index in [4.69, 9.17) is 4.74 Å². The van der Waals surface area contributed by atoms with Crippen molar-refractivity contribution in [3.8, 4) is 5.13 Å². The Morgan fingerprint density at radius 3 is 2.74 bits per heavy atom. The molecular weight excluding hydrogens is 481 g/mol. The predicted molar refractivity (Wildman–Crippen MR) is 125 cm³/mol. The lowest BCUT2D eigenvalue weighted by molar-refractivity contribution is -0.126. The number of carbonyl (C=O) groups excluding carboxylic acids is 1. The van der Waals surface area contributed by atoms with Gasteiger partial charge in [0.25, 0.3) is 0 Å². The Labute approximate surface area is 201 Å². The van der Waals surface area contributed by atoms with E-state index in [2.05, 4.69) is 15.3 Å². The van der Waals surface area contributed by atoms with E-state index in [0.717, 1.165) is 36.8 Å². The second-order valence-corrected chi connectivity index (χ2v) is 9.41. The number of carboxylic acid groups (broad SMARTS) is 1. The summed E-state index contributed by atoms with van der Waals surface area (Å²) in [5, 5.41) is 13.6. The maximum atomic E-state index is 15.1. The molecule has 0 aliphatic carbocycles. The molecule has 3 N–H and O–H groups in total. The number of carboxylic acids is 1. The fraction of sp³-hybridized carbons (Fsp3) is 0.409. The first kappa shape index (κ1) is 23.2. The lowest BCUT2D eigenvalue weighted by Crippen LogP contribution is -2.55. The zero-order valence-electron chi connectivity index (χ0n) is 18.5. The van der Waals surface area contributed by atoms with Gasteiger partial charge in [-0.15, -0.1) is 11.3 Å². The van der Waals surface area contributed by atoms with Crippen LogP contribution in [0.15, 0.2) is 27.4 Å². The monoisotopic (exact) mass is 503 g/mol. The zero-order valence-corrected chi connectivity index (χ0v) is 19.3. The standard InChI is InChI=1S/C22H22FN5O6S/c23-15-17(30)14-16(29)13(21(32)33)10-28(22-24-4-6-35-22)18(14)26-19(15)27-8-11(9-27)20(31)25-7-12-3-1-2-5-34-12/h4,6,10-12H,1-3,5,7-9H2,(H,25,31)(H,26,30)(H,32,33). The molecule has 5 heterocycles. The molecule has 0 spiro atoms. The average Bonchev–Trinajstić information content (AvgIpc) is 3.35. The quantitative estimate of drug-likeness (QED) is 0.453. The number of nitrogens with zero attached hydrogens (tertiary/aromatic N) is 3. The summed E-state index contributed by atoms with van der Waals surface area (Å²) in [4.78, 5) is 58.0. The molecule has 35 heavy (non-hydrogen) atoms. The fourth-order valence-electron chi connectivity index (χ4n) is 4.34. The number of carbonyl (C=O) groups is 2. The van der Waals surface area contributed by atoms with Crippen molar-refractivity contribution in [1.29, 1.82) is 0 Å². The number of amides is 1. The minimum absolute atomic E-state index is 0.00328. The van der Waals surface area contributed by atoms with Crippen LogP contribution < -0.4 is 21.1 Å². The maximum absolute atomic E-state index is 15.1. The second kappa shape index (κ2) is 9.23. The van der Waals surface area contributed by atoms with Gasteiger partial charge < -0.3 is 25.0 Å². The van der Waals surface area contributed by atoms with E-state index in [1.54, 1.807) is 5.38 Å². The number of H-pyrrole nitrogens is 1. The molecule has 2 aliphatic heterocycles. The summed E-state index contributed by atoms with van der Waals surface area (Å²) in [6.07, 6.45) is 5.51. The number of rotatable bonds is 6. The number of thiazole rings is 1. The summed E-state index contributed by atoms with van der Waals surface area (Å²) in [6.45, 7) is 1.45. The second-order valence-electron chi connectivity index (χ2n) is 8.54. The normalized spacial score (nSPS) is 18.4. The Balaban J connectivity index is 1.43. The minimum Gasteiger partial charge on any atom is -0.477 e. The van der Waals surface area contributed by atoms with Gasteiger partial charge >= 0.3 is 5.97 Å². The number of nitrogens with one attached hydrogen (secondary N) is 2. The number of halogens is 1. The van der Waals surface area contributed by atoms with Gasteiger partial charge in [-0.3, -0.25) is 19.0 Å². The third-order valence-electron chi connectivity index (χ3n) is 6.28. The van der Waals surface area contributed by atoms with Crippen LogP contribution in [0.25, 0.3) is 16.2 Å². The Morgan fingerprint density at radius 1 is 1.29 bits per heavy atom. The number of pyridine rings is 2. The molecule has 0 aromatic carbocycles. The van der Waals surface area contributed by atoms with Crippen molar-refractivity contribution < 1.29 is 23.8 Å². The molecule has 3 aromatic heterocycles. The van der Waals surface area contributed by atoms with Crippen molar-refractivity contribution in [1.82, 2.24) is 19.9 Å². The van der Waals surface area contributed by atoms with Crippen LogP contribution in [0.5, 0.6) is 0 Å². The van der Waals surface area contributed by atoms with E-state index < -0.39 is 39.5 Å². The topological polar surface area (TPSA) is 147 Å². The molecule has 13 heteroatoms. The van der Waals surface area contributed by atoms with E-state index in [-0.39, 0.29) is 41.7 Å². The van der Waals surface area contributed by atoms with Gasteiger partial charge in [-0.1, -0.05) is 0 Å². The Hall–Kier alpha value is -3.58. The molecule has 3 aromatic rings. The lowest BCUT2D eigenvalue weighted by Gasteiger charge is -2.39. The molecule has 1 unspecified atom stereocenters. The van der Waals surface area contributed by atoms with Crippen LogP contribution in [0.2, 0.25) is 0 Å². The van der Waals surface area contributed by atoms with Gasteiger partial charge in [0, 0.05) is 44.0 Å². The molecule has 0 saturated carbocycles. The van der Waals surface area contributed by atoms with Crippen molar-refractivity contribution in [3.05, 3.63) is 49.6 Å². The van der Waals surface area contributed by atoms with Gasteiger partial charge in [-0.05, 0) is 19.3 Å². The van der Waals surface area contributed by atoms with Gasteiger partial charge in [0.1, 0.15) is 22.4 Å². The highest BCUT2D eigenvalue weighted by atomic mass is 32.1. The molecule has 2 fully saturated rings. The molecule has 2 saturated heterocycles. The van der Waals surface area contributed by atoms with Crippen LogP contribution in [0, 0.1) is 11.7 Å². The lowest BCUT2D eigenvalue weighted by atomic mass is 9.98. The minimum atomic E-state index is -1.54. The van der Waals surface area contributed by atoms with E-state index in [1.807, 2.05) is 0 Å². The highest BCUT2D eigenvalue weighted by molar-refractivity contribution is 7.12. The summed E-state index contributed by atoms with van der Waals surface area (Å²) >= 11 is 1.15. The first-order chi connectivity index (χ1) is 16.8. The number of ether oxygens (including phenoxy) is 1. The van der Waals surface area contributed by atoms with Crippen LogP contribution in [0.1, 0.15) is 29.6 Å². The third-order valence-corrected chi connectivity index (χ3v) is 7.05. The van der Waals surface area contributed by atoms with Gasteiger partial charge in [-0.2, -0.15) is 4.39 Å². The number of aromatic nitrogens is 3. The van der Waals surface area contributed by atoms with Crippen LogP contribution in [0.4, 0.5) is 10.2 Å². The summed E-state index contributed by atoms with van der Waals surface area (Å²) in [6, 6.07) is 0. The van der Waals surface area contributed by atoms with Gasteiger partial charge in [0.2, 0.25) is 22.6 Å². The van der Waals surface area contributed by atoms with E-state index in [0.29, 0.717) is 13.2 Å². The molecule has 1 atom stereocenters. The molecule has 5 rings (SSSR count). The number of hydrogen-bond acceptors (Lipinski definition) is 8. The molecular formula is C22H22FN5O6S. The smallest absolute Gasteiger partial charge is 0.341 e. The summed E-state index contributed by atoms with van der Waals surface area (Å²) in [5.74, 6) is -3.49. The van der Waals surface area contributed by atoms with Crippen molar-refractivity contribution in [3.63, 3.8) is 0 Å². The van der Waals surface area contributed by atoms with E-state index in [9.17, 15) is 24.3 Å². The maximum Gasteiger partial charge on any atom is 0.341 e. The number of hydrogen-bond donors (Lipinski definition) is 3. The van der Waals surface area contributed by atoms with Crippen LogP contribution in [-0.4, -0.2) is 63.9 Å². The molecule has 0 radical (unpaired) electrons. The summed E-state index contributed by atoms with van der Waals surface area (Å²) in [7, 11) is 0. The number of anilines is 1. The molecule has 11 nitrogen and oxygen atoms in total. The van der Waals surface area contributed by atoms with E-state index in [1.165, 1.54) is 15.7 Å². The first-order valence-electron chi connectivity index (χ1n) is 11.1. The Bertz CT molecular complexity index is 1410. The average molecular weight is 504 g/mol.